The van der Waals surface area contributed by atoms with Crippen LogP contribution in [0, 0.1) is 5.82 Å². The Balaban J connectivity index is 1.95. The van der Waals surface area contributed by atoms with Gasteiger partial charge in [-0.1, -0.05) is 19.1 Å². The summed E-state index contributed by atoms with van der Waals surface area (Å²) in [6.07, 6.45) is 3.82. The monoisotopic (exact) mass is 348 g/mol. The number of hydrogen-bond donors (Lipinski definition) is 1. The van der Waals surface area contributed by atoms with E-state index in [4.69, 9.17) is 0 Å². The Hall–Kier alpha value is -1.95. The molecule has 2 rings (SSSR count). The molecule has 0 aliphatic rings. The summed E-state index contributed by atoms with van der Waals surface area (Å²) >= 11 is 1.75. The molecule has 24 heavy (non-hydrogen) atoms. The largest absolute Gasteiger partial charge is 0.357 e. The third-order valence-electron chi connectivity index (χ3n) is 3.54. The summed E-state index contributed by atoms with van der Waals surface area (Å²) in [6, 6.07) is 6.67. The Morgan fingerprint density at radius 3 is 2.88 bits per heavy atom. The summed E-state index contributed by atoms with van der Waals surface area (Å²) in [5.41, 5.74) is 0.926. The smallest absolute Gasteiger partial charge is 0.193 e. The molecule has 0 amide bonds. The first-order valence-electron chi connectivity index (χ1n) is 8.29. The summed E-state index contributed by atoms with van der Waals surface area (Å²) in [5, 5.41) is 4.41. The lowest BCUT2D eigenvalue weighted by Crippen LogP contribution is -2.38. The minimum Gasteiger partial charge on any atom is -0.357 e. The van der Waals surface area contributed by atoms with Gasteiger partial charge in [-0.15, -0.1) is 11.3 Å². The van der Waals surface area contributed by atoms with Crippen LogP contribution in [0.2, 0.25) is 0 Å². The molecular weight excluding hydrogens is 323 g/mol. The Kier molecular flexibility index (Phi) is 7.18. The average molecular weight is 348 g/mol. The molecule has 0 bridgehead atoms. The summed E-state index contributed by atoms with van der Waals surface area (Å²) in [6.45, 7) is 6.27. The van der Waals surface area contributed by atoms with Crippen molar-refractivity contribution in [3.05, 3.63) is 51.7 Å². The first-order valence-corrected chi connectivity index (χ1v) is 9.11. The lowest BCUT2D eigenvalue weighted by molar-refractivity contribution is 0.475. The Labute approximate surface area is 147 Å². The molecule has 0 fully saturated rings. The van der Waals surface area contributed by atoms with Gasteiger partial charge in [-0.05, 0) is 31.0 Å². The van der Waals surface area contributed by atoms with Crippen molar-refractivity contribution in [2.75, 3.05) is 20.1 Å². The quantitative estimate of drug-likeness (QED) is 0.615. The molecule has 4 nitrogen and oxygen atoms in total. The molecule has 0 saturated heterocycles. The number of thiazole rings is 1. The number of benzene rings is 1. The highest BCUT2D eigenvalue weighted by molar-refractivity contribution is 7.11. The van der Waals surface area contributed by atoms with Crippen LogP contribution in [0.4, 0.5) is 4.39 Å². The van der Waals surface area contributed by atoms with Gasteiger partial charge in [-0.2, -0.15) is 0 Å². The second kappa shape index (κ2) is 9.37. The molecule has 0 saturated carbocycles. The van der Waals surface area contributed by atoms with Gasteiger partial charge in [0.1, 0.15) is 5.82 Å². The van der Waals surface area contributed by atoms with Gasteiger partial charge in [0.25, 0.3) is 0 Å². The second-order valence-electron chi connectivity index (χ2n) is 5.55. The number of nitrogens with one attached hydrogen (secondary N) is 1. The van der Waals surface area contributed by atoms with Gasteiger partial charge < -0.3 is 10.2 Å². The minimum atomic E-state index is -0.210. The van der Waals surface area contributed by atoms with E-state index in [-0.39, 0.29) is 5.82 Å². The molecule has 1 heterocycles. The van der Waals surface area contributed by atoms with Crippen LogP contribution in [0.5, 0.6) is 0 Å². The van der Waals surface area contributed by atoms with Crippen molar-refractivity contribution in [2.45, 2.75) is 33.2 Å². The van der Waals surface area contributed by atoms with Gasteiger partial charge in [0.05, 0.1) is 5.01 Å². The van der Waals surface area contributed by atoms with Crippen LogP contribution >= 0.6 is 11.3 Å². The van der Waals surface area contributed by atoms with Gasteiger partial charge in [0, 0.05) is 44.2 Å². The lowest BCUT2D eigenvalue weighted by Gasteiger charge is -2.22. The number of aromatic nitrogens is 1. The van der Waals surface area contributed by atoms with Crippen molar-refractivity contribution >= 4 is 17.3 Å². The molecule has 1 aromatic heterocycles. The van der Waals surface area contributed by atoms with Crippen molar-refractivity contribution in [2.24, 2.45) is 4.99 Å². The highest BCUT2D eigenvalue weighted by atomic mass is 32.1. The second-order valence-corrected chi connectivity index (χ2v) is 6.75. The van der Waals surface area contributed by atoms with Gasteiger partial charge in [-0.25, -0.2) is 9.37 Å². The fourth-order valence-corrected chi connectivity index (χ4v) is 3.19. The van der Waals surface area contributed by atoms with Gasteiger partial charge in [0.2, 0.25) is 0 Å². The van der Waals surface area contributed by atoms with Crippen molar-refractivity contribution in [3.63, 3.8) is 0 Å². The van der Waals surface area contributed by atoms with Crippen molar-refractivity contribution in [1.29, 1.82) is 0 Å². The van der Waals surface area contributed by atoms with Crippen LogP contribution in [0.1, 0.15) is 29.3 Å². The normalized spacial score (nSPS) is 11.6. The highest BCUT2D eigenvalue weighted by Crippen LogP contribution is 2.14. The van der Waals surface area contributed by atoms with Crippen molar-refractivity contribution < 1.29 is 4.39 Å². The van der Waals surface area contributed by atoms with Crippen molar-refractivity contribution in [3.8, 4) is 0 Å². The van der Waals surface area contributed by atoms with Crippen molar-refractivity contribution in [1.82, 2.24) is 15.2 Å². The third-order valence-corrected chi connectivity index (χ3v) is 4.74. The standard InChI is InChI=1S/C18H25FN4S/c1-4-16-12-22-17(24-16)9-10-21-18(20-5-2)23(3)13-14-7-6-8-15(19)11-14/h6-8,11-12H,4-5,9-10,13H2,1-3H3,(H,20,21). The summed E-state index contributed by atoms with van der Waals surface area (Å²) in [5.74, 6) is 0.618. The number of guanidine groups is 1. The SMILES string of the molecule is CCNC(=NCCc1ncc(CC)s1)N(C)Cc1cccc(F)c1. The molecule has 6 heteroatoms. The zero-order valence-electron chi connectivity index (χ0n) is 14.6. The van der Waals surface area contributed by atoms with E-state index in [1.54, 1.807) is 23.5 Å². The number of halogens is 1. The first kappa shape index (κ1) is 18.4. The predicted octanol–water partition coefficient (Wildman–Crippen LogP) is 3.48. The highest BCUT2D eigenvalue weighted by Gasteiger charge is 2.07. The van der Waals surface area contributed by atoms with Crippen LogP contribution in [-0.2, 0) is 19.4 Å². The number of nitrogens with zero attached hydrogens (tertiary/aromatic N) is 3. The topological polar surface area (TPSA) is 40.5 Å². The van der Waals surface area contributed by atoms with E-state index < -0.39 is 0 Å². The maximum absolute atomic E-state index is 13.3. The molecule has 0 aliphatic carbocycles. The molecule has 130 valence electrons. The average Bonchev–Trinajstić information content (AvgIpc) is 3.02. The van der Waals surface area contributed by atoms with Crippen LogP contribution < -0.4 is 5.32 Å². The minimum absolute atomic E-state index is 0.210. The fraction of sp³-hybridized carbons (Fsp3) is 0.444. The number of aliphatic imine (C=N–C) groups is 1. The molecule has 0 aliphatic heterocycles. The summed E-state index contributed by atoms with van der Waals surface area (Å²) in [4.78, 5) is 12.4. The van der Waals surface area contributed by atoms with E-state index in [1.807, 2.05) is 31.1 Å². The lowest BCUT2D eigenvalue weighted by atomic mass is 10.2. The van der Waals surface area contributed by atoms with Gasteiger partial charge in [0.15, 0.2) is 5.96 Å². The van der Waals surface area contributed by atoms with E-state index in [2.05, 4.69) is 22.2 Å². The Bertz CT molecular complexity index is 669. The maximum Gasteiger partial charge on any atom is 0.193 e. The Morgan fingerprint density at radius 2 is 2.21 bits per heavy atom. The van der Waals surface area contributed by atoms with Crippen LogP contribution in [0.15, 0.2) is 35.5 Å². The number of hydrogen-bond acceptors (Lipinski definition) is 3. The van der Waals surface area contributed by atoms with Crippen LogP contribution in [0.3, 0.4) is 0 Å². The zero-order valence-corrected chi connectivity index (χ0v) is 15.4. The molecule has 2 aromatic rings. The molecule has 0 spiro atoms. The molecule has 0 atom stereocenters. The number of aryl methyl sites for hydroxylation is 1. The molecule has 1 N–H and O–H groups in total. The number of rotatable bonds is 7. The van der Waals surface area contributed by atoms with E-state index >= 15 is 0 Å². The fourth-order valence-electron chi connectivity index (χ4n) is 2.34. The maximum atomic E-state index is 13.3. The van der Waals surface area contributed by atoms with Gasteiger partial charge in [-0.3, -0.25) is 4.99 Å². The summed E-state index contributed by atoms with van der Waals surface area (Å²) in [7, 11) is 1.96. The van der Waals surface area contributed by atoms with E-state index in [0.717, 1.165) is 35.9 Å². The predicted molar refractivity (Wildman–Crippen MR) is 99.0 cm³/mol. The summed E-state index contributed by atoms with van der Waals surface area (Å²) < 4.78 is 13.3. The molecule has 0 radical (unpaired) electrons. The zero-order chi connectivity index (χ0) is 17.4. The van der Waals surface area contributed by atoms with Crippen LogP contribution in [0.25, 0.3) is 0 Å². The molecule has 1 aromatic carbocycles. The first-order chi connectivity index (χ1) is 11.6. The van der Waals surface area contributed by atoms with Crippen LogP contribution in [-0.4, -0.2) is 36.0 Å². The Morgan fingerprint density at radius 1 is 1.38 bits per heavy atom. The van der Waals surface area contributed by atoms with E-state index in [1.165, 1.54) is 10.9 Å². The molecular formula is C18H25FN4S. The third kappa shape index (κ3) is 5.60. The van der Waals surface area contributed by atoms with E-state index in [9.17, 15) is 4.39 Å². The van der Waals surface area contributed by atoms with Gasteiger partial charge >= 0.3 is 0 Å². The molecule has 0 unspecified atom stereocenters. The van der Waals surface area contributed by atoms with E-state index in [0.29, 0.717) is 13.1 Å².